The number of carboxylic acids is 1. The van der Waals surface area contributed by atoms with E-state index in [2.05, 4.69) is 5.32 Å². The molecule has 66 valence electrons. The second-order valence-electron chi connectivity index (χ2n) is 2.30. The lowest BCUT2D eigenvalue weighted by Gasteiger charge is -1.99. The van der Waals surface area contributed by atoms with Crippen molar-refractivity contribution in [2.45, 2.75) is 25.8 Å². The molecule has 0 radical (unpaired) electrons. The van der Waals surface area contributed by atoms with Crippen molar-refractivity contribution in [2.24, 2.45) is 0 Å². The first-order valence-electron chi connectivity index (χ1n) is 3.79. The third kappa shape index (κ3) is 4.75. The molecular formula is C7H15NO3. The lowest BCUT2D eigenvalue weighted by atomic mass is 10.2. The molecule has 4 heteroatoms. The zero-order chi connectivity index (χ0) is 8.69. The van der Waals surface area contributed by atoms with Crippen molar-refractivity contribution in [1.29, 1.82) is 0 Å². The summed E-state index contributed by atoms with van der Waals surface area (Å²) in [6.07, 6.45) is 1.78. The molecule has 3 N–H and O–H groups in total. The van der Waals surface area contributed by atoms with Crippen LogP contribution in [0.25, 0.3) is 0 Å². The standard InChI is InChI=1S/C5H9NO2.C2H6O/c7-5(8)4-2-1-3-6-4;1-2-3/h4,6H,1-3H2,(H,7,8);3H,2H2,1H3. The summed E-state index contributed by atoms with van der Waals surface area (Å²) in [5.74, 6) is -0.720. The highest BCUT2D eigenvalue weighted by Gasteiger charge is 2.20. The van der Waals surface area contributed by atoms with Gasteiger partial charge in [0, 0.05) is 6.61 Å². The van der Waals surface area contributed by atoms with Crippen LogP contribution in [0.15, 0.2) is 0 Å². The molecule has 11 heavy (non-hydrogen) atoms. The molecule has 0 aromatic heterocycles. The van der Waals surface area contributed by atoms with Crippen LogP contribution in [0, 0.1) is 0 Å². The summed E-state index contributed by atoms with van der Waals surface area (Å²) < 4.78 is 0. The summed E-state index contributed by atoms with van der Waals surface area (Å²) in [5, 5.41) is 18.8. The average Bonchev–Trinajstić information content (AvgIpc) is 2.38. The number of aliphatic hydroxyl groups excluding tert-OH is 1. The number of aliphatic hydroxyl groups is 1. The lowest BCUT2D eigenvalue weighted by Crippen LogP contribution is -2.29. The third-order valence-electron chi connectivity index (χ3n) is 1.36. The summed E-state index contributed by atoms with van der Waals surface area (Å²) in [5.41, 5.74) is 0. The summed E-state index contributed by atoms with van der Waals surface area (Å²) in [4.78, 5) is 10.1. The van der Waals surface area contributed by atoms with Crippen LogP contribution in [-0.2, 0) is 4.79 Å². The van der Waals surface area contributed by atoms with Crippen LogP contribution in [0.5, 0.6) is 0 Å². The van der Waals surface area contributed by atoms with Gasteiger partial charge in [-0.3, -0.25) is 4.79 Å². The van der Waals surface area contributed by atoms with Crippen LogP contribution in [0.3, 0.4) is 0 Å². The molecular weight excluding hydrogens is 146 g/mol. The number of carboxylic acid groups (broad SMARTS) is 1. The predicted molar refractivity (Wildman–Crippen MR) is 41.4 cm³/mol. The molecule has 1 aliphatic heterocycles. The van der Waals surface area contributed by atoms with Gasteiger partial charge in [-0.1, -0.05) is 0 Å². The van der Waals surface area contributed by atoms with E-state index >= 15 is 0 Å². The lowest BCUT2D eigenvalue weighted by molar-refractivity contribution is -0.139. The molecule has 0 aliphatic carbocycles. The fraction of sp³-hybridized carbons (Fsp3) is 0.857. The van der Waals surface area contributed by atoms with E-state index in [4.69, 9.17) is 10.2 Å². The molecule has 0 bridgehead atoms. The van der Waals surface area contributed by atoms with Gasteiger partial charge in [-0.2, -0.15) is 0 Å². The van der Waals surface area contributed by atoms with Crippen molar-refractivity contribution in [3.05, 3.63) is 0 Å². The Hall–Kier alpha value is -0.610. The Balaban J connectivity index is 0.000000292. The quantitative estimate of drug-likeness (QED) is 0.499. The van der Waals surface area contributed by atoms with Crippen molar-refractivity contribution < 1.29 is 15.0 Å². The zero-order valence-corrected chi connectivity index (χ0v) is 6.71. The number of hydrogen-bond acceptors (Lipinski definition) is 3. The van der Waals surface area contributed by atoms with E-state index in [-0.39, 0.29) is 12.6 Å². The summed E-state index contributed by atoms with van der Waals surface area (Å²) >= 11 is 0. The first kappa shape index (κ1) is 10.4. The van der Waals surface area contributed by atoms with Crippen LogP contribution in [-0.4, -0.2) is 35.4 Å². The van der Waals surface area contributed by atoms with Gasteiger partial charge in [0.2, 0.25) is 0 Å². The normalized spacial score (nSPS) is 22.2. The summed E-state index contributed by atoms with van der Waals surface area (Å²) in [6.45, 7) is 2.79. The first-order valence-corrected chi connectivity index (χ1v) is 3.79. The topological polar surface area (TPSA) is 69.6 Å². The smallest absolute Gasteiger partial charge is 0.320 e. The van der Waals surface area contributed by atoms with Crippen LogP contribution >= 0.6 is 0 Å². The van der Waals surface area contributed by atoms with Crippen LogP contribution < -0.4 is 5.32 Å². The monoisotopic (exact) mass is 161 g/mol. The zero-order valence-electron chi connectivity index (χ0n) is 6.71. The molecule has 1 rings (SSSR count). The minimum Gasteiger partial charge on any atom is -0.480 e. The fourth-order valence-corrected chi connectivity index (χ4v) is 0.895. The van der Waals surface area contributed by atoms with Crippen molar-refractivity contribution in [3.8, 4) is 0 Å². The highest BCUT2D eigenvalue weighted by atomic mass is 16.4. The van der Waals surface area contributed by atoms with Gasteiger partial charge in [0.1, 0.15) is 6.04 Å². The molecule has 1 atom stereocenters. The van der Waals surface area contributed by atoms with Crippen molar-refractivity contribution >= 4 is 5.97 Å². The SMILES string of the molecule is CCO.O=C(O)C1CCCN1. The van der Waals surface area contributed by atoms with Gasteiger partial charge in [-0.05, 0) is 26.3 Å². The highest BCUT2D eigenvalue weighted by molar-refractivity contribution is 5.73. The molecule has 1 fully saturated rings. The molecule has 0 saturated carbocycles. The Morgan fingerprint density at radius 2 is 2.27 bits per heavy atom. The second-order valence-corrected chi connectivity index (χ2v) is 2.30. The number of carbonyl (C=O) groups is 1. The number of hydrogen-bond donors (Lipinski definition) is 3. The Morgan fingerprint density at radius 1 is 1.73 bits per heavy atom. The molecule has 1 heterocycles. The Labute approximate surface area is 66.2 Å². The molecule has 1 unspecified atom stereocenters. The average molecular weight is 161 g/mol. The van der Waals surface area contributed by atoms with Crippen molar-refractivity contribution in [3.63, 3.8) is 0 Å². The maximum absolute atomic E-state index is 10.1. The van der Waals surface area contributed by atoms with Gasteiger partial charge >= 0.3 is 5.97 Å². The van der Waals surface area contributed by atoms with Gasteiger partial charge in [-0.15, -0.1) is 0 Å². The number of nitrogens with one attached hydrogen (secondary N) is 1. The minimum atomic E-state index is -0.720. The van der Waals surface area contributed by atoms with Gasteiger partial charge in [0.25, 0.3) is 0 Å². The van der Waals surface area contributed by atoms with E-state index in [1.807, 2.05) is 0 Å². The molecule has 4 nitrogen and oxygen atoms in total. The molecule has 0 spiro atoms. The van der Waals surface area contributed by atoms with Crippen molar-refractivity contribution in [1.82, 2.24) is 5.32 Å². The van der Waals surface area contributed by atoms with E-state index in [1.54, 1.807) is 6.92 Å². The molecule has 1 saturated heterocycles. The molecule has 1 aliphatic rings. The second kappa shape index (κ2) is 6.12. The molecule has 0 aromatic rings. The van der Waals surface area contributed by atoms with E-state index in [0.717, 1.165) is 19.4 Å². The summed E-state index contributed by atoms with van der Waals surface area (Å²) in [7, 11) is 0. The molecule has 0 amide bonds. The van der Waals surface area contributed by atoms with Crippen molar-refractivity contribution in [2.75, 3.05) is 13.2 Å². The number of aliphatic carboxylic acids is 1. The predicted octanol–water partition coefficient (Wildman–Crippen LogP) is -0.178. The molecule has 0 aromatic carbocycles. The van der Waals surface area contributed by atoms with Gasteiger partial charge < -0.3 is 15.5 Å². The minimum absolute atomic E-state index is 0.250. The highest BCUT2D eigenvalue weighted by Crippen LogP contribution is 2.03. The van der Waals surface area contributed by atoms with E-state index in [1.165, 1.54) is 0 Å². The Morgan fingerprint density at radius 3 is 2.45 bits per heavy atom. The van der Waals surface area contributed by atoms with Gasteiger partial charge in [0.15, 0.2) is 0 Å². The van der Waals surface area contributed by atoms with E-state index in [0.29, 0.717) is 0 Å². The van der Waals surface area contributed by atoms with Crippen LogP contribution in [0.1, 0.15) is 19.8 Å². The van der Waals surface area contributed by atoms with Gasteiger partial charge in [0.05, 0.1) is 0 Å². The largest absolute Gasteiger partial charge is 0.480 e. The van der Waals surface area contributed by atoms with E-state index < -0.39 is 5.97 Å². The van der Waals surface area contributed by atoms with Crippen LogP contribution in [0.4, 0.5) is 0 Å². The first-order chi connectivity index (χ1) is 5.22. The summed E-state index contributed by atoms with van der Waals surface area (Å²) in [6, 6.07) is -0.269. The van der Waals surface area contributed by atoms with Crippen LogP contribution in [0.2, 0.25) is 0 Å². The van der Waals surface area contributed by atoms with Gasteiger partial charge in [-0.25, -0.2) is 0 Å². The Bertz CT molecular complexity index is 110. The number of rotatable bonds is 1. The third-order valence-corrected chi connectivity index (χ3v) is 1.36. The van der Waals surface area contributed by atoms with E-state index in [9.17, 15) is 4.79 Å². The maximum atomic E-state index is 10.1. The fourth-order valence-electron chi connectivity index (χ4n) is 0.895. The Kier molecular flexibility index (Phi) is 5.78. The maximum Gasteiger partial charge on any atom is 0.320 e.